The van der Waals surface area contributed by atoms with Crippen LogP contribution >= 0.6 is 0 Å². The van der Waals surface area contributed by atoms with Gasteiger partial charge in [-0.3, -0.25) is 20.0 Å². The van der Waals surface area contributed by atoms with Crippen molar-refractivity contribution in [3.63, 3.8) is 0 Å². The molecule has 1 amide bonds. The lowest BCUT2D eigenvalue weighted by Gasteiger charge is -2.01. The molecule has 20 heavy (non-hydrogen) atoms. The van der Waals surface area contributed by atoms with E-state index in [2.05, 4.69) is 15.5 Å². The summed E-state index contributed by atoms with van der Waals surface area (Å²) in [7, 11) is 1.48. The van der Waals surface area contributed by atoms with Crippen LogP contribution in [-0.4, -0.2) is 36.7 Å². The third kappa shape index (κ3) is 2.48. The molecular formula is C10H9N5O5. The zero-order chi connectivity index (χ0) is 14.9. The summed E-state index contributed by atoms with van der Waals surface area (Å²) in [6.07, 6.45) is 1.20. The van der Waals surface area contributed by atoms with Crippen LogP contribution in [0, 0.1) is 10.1 Å². The van der Waals surface area contributed by atoms with Gasteiger partial charge >= 0.3 is 5.97 Å². The molecule has 0 bridgehead atoms. The minimum atomic E-state index is -1.22. The summed E-state index contributed by atoms with van der Waals surface area (Å²) >= 11 is 0. The molecule has 0 aliphatic carbocycles. The van der Waals surface area contributed by atoms with E-state index >= 15 is 0 Å². The number of hydrogen-bond acceptors (Lipinski definition) is 5. The molecule has 2 aromatic rings. The minimum absolute atomic E-state index is 0.0104. The number of amides is 1. The molecule has 10 heteroatoms. The molecule has 0 atom stereocenters. The number of nitro groups is 1. The monoisotopic (exact) mass is 279 g/mol. The Morgan fingerprint density at radius 2 is 2.20 bits per heavy atom. The summed E-state index contributed by atoms with van der Waals surface area (Å²) in [4.78, 5) is 32.5. The fraction of sp³-hybridized carbons (Fsp3) is 0.100. The van der Waals surface area contributed by atoms with Gasteiger partial charge in [-0.2, -0.15) is 5.10 Å². The summed E-state index contributed by atoms with van der Waals surface area (Å²) in [5.74, 6) is -1.84. The number of carboxylic acids is 1. The second-order valence-corrected chi connectivity index (χ2v) is 3.88. The lowest BCUT2D eigenvalue weighted by Crippen LogP contribution is -2.15. The molecular weight excluding hydrogens is 270 g/mol. The van der Waals surface area contributed by atoms with Gasteiger partial charge in [0.1, 0.15) is 11.4 Å². The number of aromatic carboxylic acids is 1. The molecule has 0 radical (unpaired) electrons. The van der Waals surface area contributed by atoms with Crippen molar-refractivity contribution < 1.29 is 19.6 Å². The standard InChI is InChI=1S/C10H9N5O5/c1-14-4-5(15(19)20)2-7(14)9(16)11-8-3-6(10(17)18)12-13-8/h2-4H,1H3,(H,17,18)(H2,11,12,13,16). The first kappa shape index (κ1) is 13.3. The number of carbonyl (C=O) groups excluding carboxylic acids is 1. The highest BCUT2D eigenvalue weighted by Gasteiger charge is 2.18. The van der Waals surface area contributed by atoms with E-state index in [9.17, 15) is 19.7 Å². The summed E-state index contributed by atoms with van der Waals surface area (Å²) < 4.78 is 1.29. The molecule has 3 N–H and O–H groups in total. The number of rotatable bonds is 4. The van der Waals surface area contributed by atoms with Crippen molar-refractivity contribution >= 4 is 23.4 Å². The summed E-state index contributed by atoms with van der Waals surface area (Å²) in [6.45, 7) is 0. The maximum absolute atomic E-state index is 11.9. The average molecular weight is 279 g/mol. The molecule has 2 rings (SSSR count). The highest BCUT2D eigenvalue weighted by atomic mass is 16.6. The number of carboxylic acid groups (broad SMARTS) is 1. The topological polar surface area (TPSA) is 143 Å². The predicted molar refractivity (Wildman–Crippen MR) is 65.6 cm³/mol. The molecule has 0 aliphatic heterocycles. The molecule has 0 unspecified atom stereocenters. The van der Waals surface area contributed by atoms with Gasteiger partial charge in [0.15, 0.2) is 5.82 Å². The number of anilines is 1. The van der Waals surface area contributed by atoms with Gasteiger partial charge in [-0.25, -0.2) is 4.79 Å². The van der Waals surface area contributed by atoms with Gasteiger partial charge in [0, 0.05) is 19.2 Å². The number of aromatic amines is 1. The number of aryl methyl sites for hydroxylation is 1. The van der Waals surface area contributed by atoms with E-state index in [-0.39, 0.29) is 22.9 Å². The lowest BCUT2D eigenvalue weighted by atomic mass is 10.3. The van der Waals surface area contributed by atoms with Crippen molar-refractivity contribution in [3.8, 4) is 0 Å². The third-order valence-corrected chi connectivity index (χ3v) is 2.48. The zero-order valence-corrected chi connectivity index (χ0v) is 10.2. The lowest BCUT2D eigenvalue weighted by molar-refractivity contribution is -0.384. The van der Waals surface area contributed by atoms with Crippen LogP contribution < -0.4 is 5.32 Å². The number of nitrogens with one attached hydrogen (secondary N) is 2. The Bertz CT molecular complexity index is 701. The van der Waals surface area contributed by atoms with Crippen LogP contribution in [0.3, 0.4) is 0 Å². The van der Waals surface area contributed by atoms with Crippen LogP contribution in [-0.2, 0) is 7.05 Å². The van der Waals surface area contributed by atoms with E-state index in [1.54, 1.807) is 0 Å². The van der Waals surface area contributed by atoms with Gasteiger partial charge in [0.2, 0.25) is 0 Å². The summed E-state index contributed by atoms with van der Waals surface area (Å²) in [5, 5.41) is 27.5. The van der Waals surface area contributed by atoms with Gasteiger partial charge in [0.25, 0.3) is 11.6 Å². The van der Waals surface area contributed by atoms with Gasteiger partial charge < -0.3 is 15.0 Å². The van der Waals surface area contributed by atoms with Gasteiger partial charge in [-0.05, 0) is 0 Å². The number of nitrogens with zero attached hydrogens (tertiary/aromatic N) is 3. The number of hydrogen-bond donors (Lipinski definition) is 3. The zero-order valence-electron chi connectivity index (χ0n) is 10.2. The Kier molecular flexibility index (Phi) is 3.21. The number of H-pyrrole nitrogens is 1. The third-order valence-electron chi connectivity index (χ3n) is 2.48. The Hall–Kier alpha value is -3.17. The quantitative estimate of drug-likeness (QED) is 0.552. The second kappa shape index (κ2) is 4.84. The first-order chi connectivity index (χ1) is 9.38. The minimum Gasteiger partial charge on any atom is -0.477 e. The molecule has 104 valence electrons. The van der Waals surface area contributed by atoms with E-state index < -0.39 is 16.8 Å². The molecule has 0 fully saturated rings. The molecule has 0 aromatic carbocycles. The first-order valence-electron chi connectivity index (χ1n) is 5.29. The Balaban J connectivity index is 2.19. The molecule has 0 aliphatic rings. The van der Waals surface area contributed by atoms with E-state index in [0.29, 0.717) is 0 Å². The average Bonchev–Trinajstić information content (AvgIpc) is 2.95. The highest BCUT2D eigenvalue weighted by Crippen LogP contribution is 2.16. The summed E-state index contributed by atoms with van der Waals surface area (Å²) in [5.41, 5.74) is -0.347. The Morgan fingerprint density at radius 1 is 1.50 bits per heavy atom. The predicted octanol–water partition coefficient (Wildman–Crippen LogP) is 0.607. The van der Waals surface area contributed by atoms with Crippen LogP contribution in [0.4, 0.5) is 11.5 Å². The van der Waals surface area contributed by atoms with E-state index in [1.165, 1.54) is 17.8 Å². The van der Waals surface area contributed by atoms with Crippen LogP contribution in [0.5, 0.6) is 0 Å². The fourth-order valence-electron chi connectivity index (χ4n) is 1.55. The van der Waals surface area contributed by atoms with Gasteiger partial charge in [-0.15, -0.1) is 0 Å². The summed E-state index contributed by atoms with van der Waals surface area (Å²) in [6, 6.07) is 2.25. The number of aromatic nitrogens is 3. The number of carbonyl (C=O) groups is 2. The second-order valence-electron chi connectivity index (χ2n) is 3.88. The maximum Gasteiger partial charge on any atom is 0.353 e. The van der Waals surface area contributed by atoms with Crippen LogP contribution in [0.25, 0.3) is 0 Å². The van der Waals surface area contributed by atoms with Gasteiger partial charge in [-0.1, -0.05) is 0 Å². The first-order valence-corrected chi connectivity index (χ1v) is 5.29. The molecule has 0 saturated carbocycles. The van der Waals surface area contributed by atoms with Crippen LogP contribution in [0.2, 0.25) is 0 Å². The SMILES string of the molecule is Cn1cc([N+](=O)[O-])cc1C(=O)Nc1cc(C(=O)O)[nH]n1. The highest BCUT2D eigenvalue weighted by molar-refractivity contribution is 6.03. The molecule has 0 spiro atoms. The van der Waals surface area contributed by atoms with Crippen LogP contribution in [0.15, 0.2) is 18.3 Å². The van der Waals surface area contributed by atoms with Gasteiger partial charge in [0.05, 0.1) is 11.1 Å². The largest absolute Gasteiger partial charge is 0.477 e. The van der Waals surface area contributed by atoms with E-state index in [1.807, 2.05) is 0 Å². The smallest absolute Gasteiger partial charge is 0.353 e. The normalized spacial score (nSPS) is 10.2. The molecule has 0 saturated heterocycles. The van der Waals surface area contributed by atoms with Crippen LogP contribution in [0.1, 0.15) is 21.0 Å². The Labute approximate surface area is 111 Å². The molecule has 2 aromatic heterocycles. The Morgan fingerprint density at radius 3 is 2.70 bits per heavy atom. The van der Waals surface area contributed by atoms with Crippen molar-refractivity contribution in [2.75, 3.05) is 5.32 Å². The van der Waals surface area contributed by atoms with Crippen molar-refractivity contribution in [2.45, 2.75) is 0 Å². The van der Waals surface area contributed by atoms with Crippen molar-refractivity contribution in [1.82, 2.24) is 14.8 Å². The maximum atomic E-state index is 11.9. The van der Waals surface area contributed by atoms with E-state index in [4.69, 9.17) is 5.11 Å². The van der Waals surface area contributed by atoms with Crippen molar-refractivity contribution in [3.05, 3.63) is 39.8 Å². The van der Waals surface area contributed by atoms with E-state index in [0.717, 1.165) is 12.1 Å². The molecule has 2 heterocycles. The van der Waals surface area contributed by atoms with Crippen molar-refractivity contribution in [1.29, 1.82) is 0 Å². The van der Waals surface area contributed by atoms with Crippen molar-refractivity contribution in [2.24, 2.45) is 7.05 Å². The fourth-order valence-corrected chi connectivity index (χ4v) is 1.55. The molecule has 10 nitrogen and oxygen atoms in total.